The van der Waals surface area contributed by atoms with Crippen LogP contribution in [0.25, 0.3) is 0 Å². The Morgan fingerprint density at radius 1 is 1.10 bits per heavy atom. The number of carbonyl (C=O) groups is 1. The molecule has 0 aliphatic rings. The number of rotatable bonds is 6. The van der Waals surface area contributed by atoms with Gasteiger partial charge in [-0.25, -0.2) is 5.84 Å². The second-order valence-electron chi connectivity index (χ2n) is 4.54. The first-order chi connectivity index (χ1) is 10.2. The van der Waals surface area contributed by atoms with Gasteiger partial charge in [-0.3, -0.25) is 10.2 Å². The highest BCUT2D eigenvalue weighted by Crippen LogP contribution is 2.16. The molecule has 110 valence electrons. The number of hydrogen-bond donors (Lipinski definition) is 2. The Balaban J connectivity index is 2.02. The van der Waals surface area contributed by atoms with Crippen molar-refractivity contribution in [3.05, 3.63) is 65.2 Å². The van der Waals surface area contributed by atoms with E-state index < -0.39 is 0 Å². The van der Waals surface area contributed by atoms with Crippen molar-refractivity contribution in [2.75, 3.05) is 7.11 Å². The molecule has 2 rings (SSSR count). The van der Waals surface area contributed by atoms with Gasteiger partial charge in [0.1, 0.15) is 12.4 Å². The molecule has 0 aromatic heterocycles. The topological polar surface area (TPSA) is 73.6 Å². The average molecular weight is 286 g/mol. The minimum atomic E-state index is -0.320. The van der Waals surface area contributed by atoms with Gasteiger partial charge in [0.2, 0.25) is 0 Å². The first kappa shape index (κ1) is 15.0. The second-order valence-corrected chi connectivity index (χ2v) is 4.54. The van der Waals surface area contributed by atoms with Gasteiger partial charge in [0, 0.05) is 12.7 Å². The van der Waals surface area contributed by atoms with E-state index in [9.17, 15) is 4.79 Å². The molecule has 0 heterocycles. The van der Waals surface area contributed by atoms with Crippen LogP contribution in [0, 0.1) is 0 Å². The van der Waals surface area contributed by atoms with E-state index in [1.807, 2.05) is 30.3 Å². The van der Waals surface area contributed by atoms with Crippen molar-refractivity contribution in [1.82, 2.24) is 5.43 Å². The van der Waals surface area contributed by atoms with Crippen LogP contribution in [0.15, 0.2) is 48.5 Å². The van der Waals surface area contributed by atoms with Crippen molar-refractivity contribution in [2.45, 2.75) is 13.2 Å². The second kappa shape index (κ2) is 7.42. The van der Waals surface area contributed by atoms with E-state index in [4.69, 9.17) is 15.3 Å². The highest BCUT2D eigenvalue weighted by atomic mass is 16.5. The van der Waals surface area contributed by atoms with Gasteiger partial charge >= 0.3 is 0 Å². The largest absolute Gasteiger partial charge is 0.489 e. The number of methoxy groups -OCH3 is 1. The third kappa shape index (κ3) is 4.30. The summed E-state index contributed by atoms with van der Waals surface area (Å²) >= 11 is 0. The molecule has 0 spiro atoms. The fraction of sp³-hybridized carbons (Fsp3) is 0.188. The molecule has 21 heavy (non-hydrogen) atoms. The van der Waals surface area contributed by atoms with Crippen LogP contribution in [0.3, 0.4) is 0 Å². The summed E-state index contributed by atoms with van der Waals surface area (Å²) in [6.07, 6.45) is 0. The number of hydrazine groups is 1. The van der Waals surface area contributed by atoms with Crippen molar-refractivity contribution < 1.29 is 14.3 Å². The number of ether oxygens (including phenoxy) is 2. The summed E-state index contributed by atoms with van der Waals surface area (Å²) in [6, 6.07) is 14.9. The third-order valence-corrected chi connectivity index (χ3v) is 2.94. The van der Waals surface area contributed by atoms with Gasteiger partial charge in [0.15, 0.2) is 0 Å². The van der Waals surface area contributed by atoms with Gasteiger partial charge in [-0.15, -0.1) is 0 Å². The number of benzene rings is 2. The smallest absolute Gasteiger partial charge is 0.265 e. The highest BCUT2D eigenvalue weighted by molar-refractivity contribution is 5.93. The summed E-state index contributed by atoms with van der Waals surface area (Å²) in [4.78, 5) is 11.5. The predicted octanol–water partition coefficient (Wildman–Crippen LogP) is 2.02. The number of hydrogen-bond acceptors (Lipinski definition) is 4. The summed E-state index contributed by atoms with van der Waals surface area (Å²) in [5.41, 5.74) is 4.56. The van der Waals surface area contributed by atoms with Crippen LogP contribution in [-0.2, 0) is 18.0 Å². The Kier molecular flexibility index (Phi) is 5.31. The molecule has 0 saturated carbocycles. The van der Waals surface area contributed by atoms with Crippen LogP contribution in [0.1, 0.15) is 21.5 Å². The summed E-state index contributed by atoms with van der Waals surface area (Å²) in [6.45, 7) is 0.922. The Labute approximate surface area is 123 Å². The maximum Gasteiger partial charge on any atom is 0.265 e. The van der Waals surface area contributed by atoms with E-state index in [-0.39, 0.29) is 5.91 Å². The molecule has 2 aromatic carbocycles. The average Bonchev–Trinajstić information content (AvgIpc) is 2.53. The molecule has 0 fully saturated rings. The lowest BCUT2D eigenvalue weighted by molar-refractivity contribution is 0.0953. The molecule has 0 bridgehead atoms. The number of nitrogen functional groups attached to an aromatic ring is 1. The van der Waals surface area contributed by atoms with Crippen molar-refractivity contribution >= 4 is 5.91 Å². The quantitative estimate of drug-likeness (QED) is 0.484. The summed E-state index contributed by atoms with van der Waals surface area (Å²) in [5.74, 6) is 5.56. The number of carbonyl (C=O) groups excluding carboxylic acids is 1. The van der Waals surface area contributed by atoms with Crippen LogP contribution >= 0.6 is 0 Å². The molecule has 2 aromatic rings. The van der Waals surface area contributed by atoms with Gasteiger partial charge in [-0.2, -0.15) is 0 Å². The van der Waals surface area contributed by atoms with Crippen LogP contribution in [0.4, 0.5) is 0 Å². The minimum Gasteiger partial charge on any atom is -0.489 e. The fourth-order valence-electron chi connectivity index (χ4n) is 1.94. The van der Waals surface area contributed by atoms with Crippen LogP contribution in [0.2, 0.25) is 0 Å². The van der Waals surface area contributed by atoms with Gasteiger partial charge in [0.25, 0.3) is 5.91 Å². The van der Waals surface area contributed by atoms with Crippen molar-refractivity contribution in [2.24, 2.45) is 5.84 Å². The van der Waals surface area contributed by atoms with Gasteiger partial charge in [-0.1, -0.05) is 24.3 Å². The predicted molar refractivity (Wildman–Crippen MR) is 79.6 cm³/mol. The maximum absolute atomic E-state index is 11.5. The normalized spacial score (nSPS) is 10.2. The summed E-state index contributed by atoms with van der Waals surface area (Å²) in [5, 5.41) is 0. The molecule has 5 nitrogen and oxygen atoms in total. The van der Waals surface area contributed by atoms with Crippen LogP contribution < -0.4 is 16.0 Å². The highest BCUT2D eigenvalue weighted by Gasteiger charge is 2.04. The lowest BCUT2D eigenvalue weighted by atomic mass is 10.1. The van der Waals surface area contributed by atoms with Crippen molar-refractivity contribution in [3.8, 4) is 5.75 Å². The molecular weight excluding hydrogens is 268 g/mol. The molecule has 0 unspecified atom stereocenters. The van der Waals surface area contributed by atoms with Crippen LogP contribution in [-0.4, -0.2) is 13.0 Å². The molecule has 0 radical (unpaired) electrons. The number of nitrogens with two attached hydrogens (primary N) is 1. The molecule has 0 aliphatic heterocycles. The Morgan fingerprint density at radius 2 is 1.81 bits per heavy atom. The van der Waals surface area contributed by atoms with E-state index in [0.717, 1.165) is 16.9 Å². The summed E-state index contributed by atoms with van der Waals surface area (Å²) in [7, 11) is 1.65. The van der Waals surface area contributed by atoms with E-state index in [1.165, 1.54) is 0 Å². The zero-order chi connectivity index (χ0) is 15.1. The van der Waals surface area contributed by atoms with Crippen LogP contribution in [0.5, 0.6) is 5.75 Å². The Bertz CT molecular complexity index is 614. The van der Waals surface area contributed by atoms with Gasteiger partial charge in [0.05, 0.1) is 6.61 Å². The number of amides is 1. The van der Waals surface area contributed by atoms with E-state index in [1.54, 1.807) is 25.3 Å². The lowest BCUT2D eigenvalue weighted by Crippen LogP contribution is -2.30. The first-order valence-corrected chi connectivity index (χ1v) is 6.53. The Hall–Kier alpha value is -2.37. The molecule has 0 saturated heterocycles. The standard InChI is InChI=1S/C16H18N2O3/c1-20-10-13-5-3-7-15(9-13)21-11-12-4-2-6-14(8-12)16(19)18-17/h2-9H,10-11,17H2,1H3,(H,18,19). The third-order valence-electron chi connectivity index (χ3n) is 2.94. The monoisotopic (exact) mass is 286 g/mol. The minimum absolute atomic E-state index is 0.320. The molecular formula is C16H18N2O3. The molecule has 0 aliphatic carbocycles. The zero-order valence-corrected chi connectivity index (χ0v) is 11.8. The SMILES string of the molecule is COCc1cccc(OCc2cccc(C(=O)NN)c2)c1. The van der Waals surface area contributed by atoms with Gasteiger partial charge in [-0.05, 0) is 35.4 Å². The van der Waals surface area contributed by atoms with Crippen molar-refractivity contribution in [3.63, 3.8) is 0 Å². The van der Waals surface area contributed by atoms with E-state index in [0.29, 0.717) is 18.8 Å². The maximum atomic E-state index is 11.5. The van der Waals surface area contributed by atoms with Gasteiger partial charge < -0.3 is 9.47 Å². The summed E-state index contributed by atoms with van der Waals surface area (Å²) < 4.78 is 10.8. The fourth-order valence-corrected chi connectivity index (χ4v) is 1.94. The first-order valence-electron chi connectivity index (χ1n) is 6.53. The molecule has 5 heteroatoms. The molecule has 1 amide bonds. The Morgan fingerprint density at radius 3 is 2.52 bits per heavy atom. The van der Waals surface area contributed by atoms with E-state index >= 15 is 0 Å². The molecule has 3 N–H and O–H groups in total. The van der Waals surface area contributed by atoms with Crippen molar-refractivity contribution in [1.29, 1.82) is 0 Å². The molecule has 0 atom stereocenters. The lowest BCUT2D eigenvalue weighted by Gasteiger charge is -2.09. The zero-order valence-electron chi connectivity index (χ0n) is 11.8. The van der Waals surface area contributed by atoms with E-state index in [2.05, 4.69) is 5.43 Å². The number of nitrogens with one attached hydrogen (secondary N) is 1.